The van der Waals surface area contributed by atoms with Crippen LogP contribution in [-0.4, -0.2) is 34.1 Å². The molecule has 2 rings (SSSR count). The molecule has 1 aromatic heterocycles. The number of nitrogens with zero attached hydrogens (tertiary/aromatic N) is 3. The van der Waals surface area contributed by atoms with Crippen LogP contribution in [0.4, 0.5) is 0 Å². The van der Waals surface area contributed by atoms with Crippen LogP contribution in [0.2, 0.25) is 0 Å². The first-order chi connectivity index (χ1) is 9.04. The standard InChI is InChI=1S/C15H28N4/c1-11(2)13-5-6-18(9-13)14(7-16)15-8-17-10-19(15)12(3)4/h8,10-14H,5-7,9,16H2,1-4H3. The third-order valence-corrected chi connectivity index (χ3v) is 4.46. The topological polar surface area (TPSA) is 47.1 Å². The lowest BCUT2D eigenvalue weighted by molar-refractivity contribution is 0.222. The molecule has 19 heavy (non-hydrogen) atoms. The SMILES string of the molecule is CC(C)C1CCN(C(CN)c2cncn2C(C)C)C1. The van der Waals surface area contributed by atoms with Crippen molar-refractivity contribution in [3.63, 3.8) is 0 Å². The summed E-state index contributed by atoms with van der Waals surface area (Å²) < 4.78 is 2.25. The maximum Gasteiger partial charge on any atom is 0.0951 e. The summed E-state index contributed by atoms with van der Waals surface area (Å²) in [5.41, 5.74) is 7.32. The summed E-state index contributed by atoms with van der Waals surface area (Å²) in [5.74, 6) is 1.57. The number of rotatable bonds is 5. The fraction of sp³-hybridized carbons (Fsp3) is 0.800. The average Bonchev–Trinajstić information content (AvgIpc) is 2.98. The molecular weight excluding hydrogens is 236 g/mol. The van der Waals surface area contributed by atoms with Gasteiger partial charge in [0.05, 0.1) is 18.1 Å². The molecule has 4 nitrogen and oxygen atoms in total. The average molecular weight is 264 g/mol. The van der Waals surface area contributed by atoms with Crippen LogP contribution in [0.5, 0.6) is 0 Å². The van der Waals surface area contributed by atoms with Crippen molar-refractivity contribution in [2.75, 3.05) is 19.6 Å². The number of hydrogen-bond acceptors (Lipinski definition) is 3. The van der Waals surface area contributed by atoms with Gasteiger partial charge in [0.25, 0.3) is 0 Å². The third-order valence-electron chi connectivity index (χ3n) is 4.46. The van der Waals surface area contributed by atoms with E-state index in [0.717, 1.165) is 18.4 Å². The fourth-order valence-electron chi connectivity index (χ4n) is 3.10. The predicted octanol–water partition coefficient (Wildman–Crippen LogP) is 2.44. The molecule has 1 fully saturated rings. The Morgan fingerprint density at radius 3 is 2.63 bits per heavy atom. The molecule has 2 unspecified atom stereocenters. The molecule has 1 aromatic rings. The Labute approximate surface area is 117 Å². The van der Waals surface area contributed by atoms with E-state index in [1.54, 1.807) is 0 Å². The Balaban J connectivity index is 2.14. The molecule has 0 saturated carbocycles. The zero-order valence-electron chi connectivity index (χ0n) is 12.7. The first kappa shape index (κ1) is 14.5. The molecule has 2 atom stereocenters. The van der Waals surface area contributed by atoms with Gasteiger partial charge < -0.3 is 10.3 Å². The van der Waals surface area contributed by atoms with Crippen LogP contribution in [0.25, 0.3) is 0 Å². The maximum atomic E-state index is 6.05. The summed E-state index contributed by atoms with van der Waals surface area (Å²) in [4.78, 5) is 6.86. The van der Waals surface area contributed by atoms with E-state index in [9.17, 15) is 0 Å². The van der Waals surface area contributed by atoms with Crippen molar-refractivity contribution in [1.82, 2.24) is 14.5 Å². The Hall–Kier alpha value is -0.870. The van der Waals surface area contributed by atoms with Crippen molar-refractivity contribution in [3.05, 3.63) is 18.2 Å². The van der Waals surface area contributed by atoms with E-state index in [4.69, 9.17) is 5.73 Å². The highest BCUT2D eigenvalue weighted by molar-refractivity contribution is 5.08. The Morgan fingerprint density at radius 1 is 1.37 bits per heavy atom. The Morgan fingerprint density at radius 2 is 2.11 bits per heavy atom. The first-order valence-electron chi connectivity index (χ1n) is 7.50. The van der Waals surface area contributed by atoms with Gasteiger partial charge >= 0.3 is 0 Å². The number of hydrogen-bond donors (Lipinski definition) is 1. The fourth-order valence-corrected chi connectivity index (χ4v) is 3.10. The van der Waals surface area contributed by atoms with Gasteiger partial charge in [-0.2, -0.15) is 0 Å². The van der Waals surface area contributed by atoms with Gasteiger partial charge in [-0.15, -0.1) is 0 Å². The second kappa shape index (κ2) is 6.06. The van der Waals surface area contributed by atoms with Crippen molar-refractivity contribution in [2.45, 2.75) is 46.2 Å². The number of aromatic nitrogens is 2. The molecule has 0 amide bonds. The Bertz CT molecular complexity index is 397. The van der Waals surface area contributed by atoms with Gasteiger partial charge in [0.1, 0.15) is 0 Å². The Kier molecular flexibility index (Phi) is 4.63. The van der Waals surface area contributed by atoms with Crippen LogP contribution in [0.15, 0.2) is 12.5 Å². The van der Waals surface area contributed by atoms with Gasteiger partial charge in [0.15, 0.2) is 0 Å². The smallest absolute Gasteiger partial charge is 0.0951 e. The van der Waals surface area contributed by atoms with E-state index < -0.39 is 0 Å². The van der Waals surface area contributed by atoms with Crippen molar-refractivity contribution in [1.29, 1.82) is 0 Å². The number of likely N-dealkylation sites (tertiary alicyclic amines) is 1. The second-order valence-corrected chi connectivity index (χ2v) is 6.36. The van der Waals surface area contributed by atoms with Gasteiger partial charge in [-0.1, -0.05) is 13.8 Å². The maximum absolute atomic E-state index is 6.05. The highest BCUT2D eigenvalue weighted by atomic mass is 15.2. The zero-order valence-corrected chi connectivity index (χ0v) is 12.7. The summed E-state index contributed by atoms with van der Waals surface area (Å²) in [5, 5.41) is 0. The van der Waals surface area contributed by atoms with Crippen LogP contribution >= 0.6 is 0 Å². The van der Waals surface area contributed by atoms with Gasteiger partial charge in [-0.05, 0) is 38.6 Å². The van der Waals surface area contributed by atoms with Crippen LogP contribution < -0.4 is 5.73 Å². The molecule has 0 bridgehead atoms. The summed E-state index contributed by atoms with van der Waals surface area (Å²) in [6.45, 7) is 12.0. The predicted molar refractivity (Wildman–Crippen MR) is 78.9 cm³/mol. The first-order valence-corrected chi connectivity index (χ1v) is 7.50. The highest BCUT2D eigenvalue weighted by Crippen LogP contribution is 2.31. The van der Waals surface area contributed by atoms with E-state index in [-0.39, 0.29) is 0 Å². The molecular formula is C15H28N4. The van der Waals surface area contributed by atoms with E-state index in [0.29, 0.717) is 18.6 Å². The molecule has 108 valence electrons. The monoisotopic (exact) mass is 264 g/mol. The lowest BCUT2D eigenvalue weighted by atomic mass is 9.95. The molecule has 2 N–H and O–H groups in total. The molecule has 0 aromatic carbocycles. The minimum absolute atomic E-state index is 0.314. The quantitative estimate of drug-likeness (QED) is 0.888. The van der Waals surface area contributed by atoms with E-state index >= 15 is 0 Å². The van der Waals surface area contributed by atoms with Gasteiger partial charge in [0.2, 0.25) is 0 Å². The van der Waals surface area contributed by atoms with Gasteiger partial charge in [-0.25, -0.2) is 4.98 Å². The van der Waals surface area contributed by atoms with Gasteiger partial charge in [0, 0.05) is 25.3 Å². The zero-order chi connectivity index (χ0) is 14.0. The van der Waals surface area contributed by atoms with Gasteiger partial charge in [-0.3, -0.25) is 4.90 Å². The molecule has 0 radical (unpaired) electrons. The second-order valence-electron chi connectivity index (χ2n) is 6.36. The molecule has 1 aliphatic heterocycles. The number of nitrogens with two attached hydrogens (primary N) is 1. The highest BCUT2D eigenvalue weighted by Gasteiger charge is 2.31. The summed E-state index contributed by atoms with van der Waals surface area (Å²) in [6, 6.07) is 0.753. The van der Waals surface area contributed by atoms with E-state index in [1.807, 2.05) is 12.5 Å². The van der Waals surface area contributed by atoms with Crippen molar-refractivity contribution >= 4 is 0 Å². The molecule has 1 aliphatic rings. The van der Waals surface area contributed by atoms with Crippen LogP contribution in [0.3, 0.4) is 0 Å². The van der Waals surface area contributed by atoms with Crippen LogP contribution in [0, 0.1) is 11.8 Å². The third kappa shape index (κ3) is 3.00. The van der Waals surface area contributed by atoms with Crippen molar-refractivity contribution in [2.24, 2.45) is 17.6 Å². The summed E-state index contributed by atoms with van der Waals surface area (Å²) in [7, 11) is 0. The largest absolute Gasteiger partial charge is 0.331 e. The van der Waals surface area contributed by atoms with Crippen molar-refractivity contribution < 1.29 is 0 Å². The number of imidazole rings is 1. The van der Waals surface area contributed by atoms with Crippen LogP contribution in [-0.2, 0) is 0 Å². The molecule has 0 aliphatic carbocycles. The molecule has 4 heteroatoms. The summed E-state index contributed by atoms with van der Waals surface area (Å²) in [6.07, 6.45) is 5.21. The molecule has 1 saturated heterocycles. The minimum atomic E-state index is 0.314. The molecule has 2 heterocycles. The normalized spacial score (nSPS) is 22.6. The van der Waals surface area contributed by atoms with E-state index in [1.165, 1.54) is 18.7 Å². The van der Waals surface area contributed by atoms with E-state index in [2.05, 4.69) is 42.1 Å². The van der Waals surface area contributed by atoms with Crippen LogP contribution in [0.1, 0.15) is 51.9 Å². The lowest BCUT2D eigenvalue weighted by Gasteiger charge is -2.29. The molecule has 0 spiro atoms. The lowest BCUT2D eigenvalue weighted by Crippen LogP contribution is -2.34. The van der Waals surface area contributed by atoms with Crippen molar-refractivity contribution in [3.8, 4) is 0 Å². The minimum Gasteiger partial charge on any atom is -0.331 e. The summed E-state index contributed by atoms with van der Waals surface area (Å²) >= 11 is 0.